The largest absolute Gasteiger partial charge is 0.343 e. The van der Waals surface area contributed by atoms with Crippen molar-refractivity contribution in [1.82, 2.24) is 20.1 Å². The van der Waals surface area contributed by atoms with Gasteiger partial charge < -0.3 is 5.32 Å². The van der Waals surface area contributed by atoms with Crippen LogP contribution in [0.5, 0.6) is 0 Å². The lowest BCUT2D eigenvalue weighted by atomic mass is 10.2. The smallest absolute Gasteiger partial charge is 0.251 e. The molecule has 24 heavy (non-hydrogen) atoms. The number of hydrogen-bond acceptors (Lipinski definition) is 4. The molecule has 0 saturated heterocycles. The standard InChI is InChI=1S/C15H17F2N5O2/c1-8(2)13-20-15(22(3)21-13)19-12(23)7-18-14(24)9-4-5-10(16)11(17)6-9/h4-6,8H,7H2,1-3H3,(H,18,24)(H,19,20,21,23). The van der Waals surface area contributed by atoms with E-state index in [4.69, 9.17) is 0 Å². The Balaban J connectivity index is 1.93. The quantitative estimate of drug-likeness (QED) is 0.867. The number of carbonyl (C=O) groups excluding carboxylic acids is 2. The highest BCUT2D eigenvalue weighted by atomic mass is 19.2. The fraction of sp³-hybridized carbons (Fsp3) is 0.333. The number of aromatic nitrogens is 3. The van der Waals surface area contributed by atoms with E-state index in [1.165, 1.54) is 4.68 Å². The average Bonchev–Trinajstić information content (AvgIpc) is 2.89. The van der Waals surface area contributed by atoms with Crippen molar-refractivity contribution in [3.8, 4) is 0 Å². The highest BCUT2D eigenvalue weighted by Gasteiger charge is 2.14. The minimum Gasteiger partial charge on any atom is -0.343 e. The van der Waals surface area contributed by atoms with Crippen LogP contribution in [-0.4, -0.2) is 33.1 Å². The molecule has 0 saturated carbocycles. The van der Waals surface area contributed by atoms with Crippen LogP contribution in [0.1, 0.15) is 35.9 Å². The maximum absolute atomic E-state index is 13.1. The Bertz CT molecular complexity index is 773. The van der Waals surface area contributed by atoms with E-state index >= 15 is 0 Å². The van der Waals surface area contributed by atoms with E-state index in [1.54, 1.807) is 7.05 Å². The van der Waals surface area contributed by atoms with Crippen molar-refractivity contribution < 1.29 is 18.4 Å². The first kappa shape index (κ1) is 17.5. The van der Waals surface area contributed by atoms with Crippen LogP contribution in [0.2, 0.25) is 0 Å². The zero-order chi connectivity index (χ0) is 17.9. The Morgan fingerprint density at radius 2 is 1.96 bits per heavy atom. The Hall–Kier alpha value is -2.84. The Morgan fingerprint density at radius 1 is 1.25 bits per heavy atom. The van der Waals surface area contributed by atoms with Gasteiger partial charge in [-0.05, 0) is 18.2 Å². The molecule has 1 heterocycles. The number of nitrogens with zero attached hydrogens (tertiary/aromatic N) is 3. The van der Waals surface area contributed by atoms with Gasteiger partial charge in [0, 0.05) is 18.5 Å². The van der Waals surface area contributed by atoms with Crippen LogP contribution >= 0.6 is 0 Å². The number of amides is 2. The van der Waals surface area contributed by atoms with E-state index in [9.17, 15) is 18.4 Å². The van der Waals surface area contributed by atoms with Crippen molar-refractivity contribution in [2.24, 2.45) is 7.05 Å². The van der Waals surface area contributed by atoms with Crippen molar-refractivity contribution in [3.05, 3.63) is 41.2 Å². The van der Waals surface area contributed by atoms with Crippen molar-refractivity contribution in [1.29, 1.82) is 0 Å². The molecule has 0 unspecified atom stereocenters. The molecule has 0 aliphatic heterocycles. The second-order valence-electron chi connectivity index (χ2n) is 5.43. The molecule has 0 fully saturated rings. The van der Waals surface area contributed by atoms with Gasteiger partial charge in [0.15, 0.2) is 17.5 Å². The van der Waals surface area contributed by atoms with Crippen molar-refractivity contribution >= 4 is 17.8 Å². The maximum Gasteiger partial charge on any atom is 0.251 e. The zero-order valence-corrected chi connectivity index (χ0v) is 13.4. The zero-order valence-electron chi connectivity index (χ0n) is 13.4. The number of aryl methyl sites for hydroxylation is 1. The predicted octanol–water partition coefficient (Wildman–Crippen LogP) is 1.59. The molecule has 0 aliphatic rings. The highest BCUT2D eigenvalue weighted by Crippen LogP contribution is 2.12. The van der Waals surface area contributed by atoms with Crippen LogP contribution in [-0.2, 0) is 11.8 Å². The number of nitrogens with one attached hydrogen (secondary N) is 2. The third-order valence-corrected chi connectivity index (χ3v) is 3.14. The number of anilines is 1. The van der Waals surface area contributed by atoms with E-state index in [0.717, 1.165) is 18.2 Å². The molecule has 2 amide bonds. The first-order valence-corrected chi connectivity index (χ1v) is 7.22. The van der Waals surface area contributed by atoms with Gasteiger partial charge in [-0.25, -0.2) is 13.5 Å². The lowest BCUT2D eigenvalue weighted by molar-refractivity contribution is -0.115. The van der Waals surface area contributed by atoms with Crippen LogP contribution in [0.15, 0.2) is 18.2 Å². The minimum absolute atomic E-state index is 0.0811. The second-order valence-corrected chi connectivity index (χ2v) is 5.43. The molecule has 9 heteroatoms. The molecule has 0 atom stereocenters. The number of halogens is 2. The normalized spacial score (nSPS) is 10.8. The fourth-order valence-corrected chi connectivity index (χ4v) is 1.83. The summed E-state index contributed by atoms with van der Waals surface area (Å²) in [6, 6.07) is 2.74. The Kier molecular flexibility index (Phi) is 5.22. The van der Waals surface area contributed by atoms with E-state index in [0.29, 0.717) is 5.82 Å². The van der Waals surface area contributed by atoms with Crippen LogP contribution in [0.3, 0.4) is 0 Å². The molecule has 0 radical (unpaired) electrons. The van der Waals surface area contributed by atoms with Gasteiger partial charge in [-0.1, -0.05) is 13.8 Å². The summed E-state index contributed by atoms with van der Waals surface area (Å²) in [7, 11) is 1.63. The number of hydrogen-bond donors (Lipinski definition) is 2. The maximum atomic E-state index is 13.1. The highest BCUT2D eigenvalue weighted by molar-refractivity contribution is 5.98. The number of rotatable bonds is 5. The van der Waals surface area contributed by atoms with Gasteiger partial charge >= 0.3 is 0 Å². The summed E-state index contributed by atoms with van der Waals surface area (Å²) in [6.45, 7) is 3.49. The average molecular weight is 337 g/mol. The molecular formula is C15H17F2N5O2. The van der Waals surface area contributed by atoms with Gasteiger partial charge in [-0.3, -0.25) is 14.9 Å². The molecule has 1 aromatic heterocycles. The minimum atomic E-state index is -1.13. The summed E-state index contributed by atoms with van der Waals surface area (Å²) in [4.78, 5) is 27.8. The predicted molar refractivity (Wildman–Crippen MR) is 82.4 cm³/mol. The molecular weight excluding hydrogens is 320 g/mol. The second kappa shape index (κ2) is 7.16. The van der Waals surface area contributed by atoms with E-state index < -0.39 is 23.4 Å². The molecule has 0 bridgehead atoms. The summed E-state index contributed by atoms with van der Waals surface area (Å²) in [6.07, 6.45) is 0. The molecule has 0 spiro atoms. The molecule has 2 aromatic rings. The van der Waals surface area contributed by atoms with E-state index in [2.05, 4.69) is 20.7 Å². The SMILES string of the molecule is CC(C)c1nc(NC(=O)CNC(=O)c2ccc(F)c(F)c2)n(C)n1. The summed E-state index contributed by atoms with van der Waals surface area (Å²) in [5.41, 5.74) is -0.0811. The molecule has 0 aliphatic carbocycles. The first-order valence-electron chi connectivity index (χ1n) is 7.22. The van der Waals surface area contributed by atoms with Crippen LogP contribution in [0.4, 0.5) is 14.7 Å². The van der Waals surface area contributed by atoms with Crippen molar-refractivity contribution in [3.63, 3.8) is 0 Å². The summed E-state index contributed by atoms with van der Waals surface area (Å²) in [5.74, 6) is -2.44. The molecule has 7 nitrogen and oxygen atoms in total. The monoisotopic (exact) mass is 337 g/mol. The van der Waals surface area contributed by atoms with E-state index in [-0.39, 0.29) is 24.0 Å². The van der Waals surface area contributed by atoms with Gasteiger partial charge in [0.2, 0.25) is 11.9 Å². The molecule has 128 valence electrons. The molecule has 1 aromatic carbocycles. The van der Waals surface area contributed by atoms with Gasteiger partial charge in [0.25, 0.3) is 5.91 Å². The summed E-state index contributed by atoms with van der Waals surface area (Å²) in [5, 5.41) is 8.98. The van der Waals surface area contributed by atoms with Crippen LogP contribution in [0.25, 0.3) is 0 Å². The van der Waals surface area contributed by atoms with Crippen LogP contribution in [0, 0.1) is 11.6 Å². The third kappa shape index (κ3) is 4.12. The Labute approximate surface area is 137 Å². The van der Waals surface area contributed by atoms with Gasteiger partial charge in [-0.15, -0.1) is 0 Å². The third-order valence-electron chi connectivity index (χ3n) is 3.14. The van der Waals surface area contributed by atoms with Crippen molar-refractivity contribution in [2.45, 2.75) is 19.8 Å². The number of benzene rings is 1. The fourth-order valence-electron chi connectivity index (χ4n) is 1.83. The first-order chi connectivity index (χ1) is 11.3. The number of carbonyl (C=O) groups is 2. The lowest BCUT2D eigenvalue weighted by Crippen LogP contribution is -2.33. The van der Waals surface area contributed by atoms with Gasteiger partial charge in [0.05, 0.1) is 6.54 Å². The summed E-state index contributed by atoms with van der Waals surface area (Å²) < 4.78 is 27.3. The molecule has 2 rings (SSSR count). The van der Waals surface area contributed by atoms with E-state index in [1.807, 2.05) is 13.8 Å². The van der Waals surface area contributed by atoms with Crippen LogP contribution < -0.4 is 10.6 Å². The van der Waals surface area contributed by atoms with Gasteiger partial charge in [0.1, 0.15) is 0 Å². The summed E-state index contributed by atoms with van der Waals surface area (Å²) >= 11 is 0. The lowest BCUT2D eigenvalue weighted by Gasteiger charge is -2.06. The van der Waals surface area contributed by atoms with Gasteiger partial charge in [-0.2, -0.15) is 10.1 Å². The van der Waals surface area contributed by atoms with Crippen molar-refractivity contribution in [2.75, 3.05) is 11.9 Å². The Morgan fingerprint density at radius 3 is 2.54 bits per heavy atom. The topological polar surface area (TPSA) is 88.9 Å². The molecule has 2 N–H and O–H groups in total.